The Hall–Kier alpha value is -1.74. The number of phenols is 1. The fraction of sp³-hybridized carbons (Fsp3) is 0.350. The van der Waals surface area contributed by atoms with Gasteiger partial charge in [0, 0.05) is 30.5 Å². The van der Waals surface area contributed by atoms with Crippen molar-refractivity contribution in [2.24, 2.45) is 10.2 Å². The Balaban J connectivity index is 0.00000155. The minimum atomic E-state index is 0.241. The van der Waals surface area contributed by atoms with Crippen molar-refractivity contribution in [3.63, 3.8) is 0 Å². The Kier molecular flexibility index (Phi) is 10.5. The van der Waals surface area contributed by atoms with E-state index < -0.39 is 0 Å². The number of nitrogens with zero attached hydrogens (tertiary/aromatic N) is 4. The molecule has 0 radical (unpaired) electrons. The number of pyridine rings is 1. The molecule has 30 heavy (non-hydrogen) atoms. The Morgan fingerprint density at radius 1 is 1.30 bits per heavy atom. The maximum absolute atomic E-state index is 9.83. The number of halogens is 1. The molecule has 2 aromatic rings. The molecule has 0 unspecified atom stereocenters. The summed E-state index contributed by atoms with van der Waals surface area (Å²) in [5.41, 5.74) is 4.03. The van der Waals surface area contributed by atoms with Gasteiger partial charge in [0.1, 0.15) is 5.75 Å². The molecule has 3 rings (SSSR count). The molecule has 1 saturated heterocycles. The van der Waals surface area contributed by atoms with E-state index in [1.54, 1.807) is 6.21 Å². The number of rotatable bonds is 5. The minimum absolute atomic E-state index is 0.241. The van der Waals surface area contributed by atoms with Crippen LogP contribution in [0.5, 0.6) is 5.75 Å². The molecule has 1 aromatic heterocycles. The normalized spacial score (nSPS) is 15.0. The zero-order valence-electron chi connectivity index (χ0n) is 16.7. The predicted molar refractivity (Wildman–Crippen MR) is 120 cm³/mol. The van der Waals surface area contributed by atoms with Crippen LogP contribution in [0.4, 0.5) is 5.69 Å². The van der Waals surface area contributed by atoms with E-state index in [4.69, 9.17) is 17.4 Å². The van der Waals surface area contributed by atoms with Gasteiger partial charge in [-0.1, -0.05) is 6.07 Å². The van der Waals surface area contributed by atoms with Gasteiger partial charge in [0.2, 0.25) is 0 Å². The van der Waals surface area contributed by atoms with Crippen LogP contribution in [0.3, 0.4) is 0 Å². The van der Waals surface area contributed by atoms with Gasteiger partial charge in [-0.3, -0.25) is 9.88 Å². The van der Waals surface area contributed by atoms with Gasteiger partial charge in [0.05, 0.1) is 30.8 Å². The van der Waals surface area contributed by atoms with Crippen LogP contribution < -0.4 is 5.32 Å². The number of phenolic OH excluding ortho intramolecular Hbond substituents is 1. The van der Waals surface area contributed by atoms with Crippen molar-refractivity contribution in [3.05, 3.63) is 52.8 Å². The number of benzene rings is 1. The molecular weight excluding hydrogens is 473 g/mol. The Morgan fingerprint density at radius 3 is 2.63 bits per heavy atom. The molecule has 1 fully saturated rings. The molecule has 0 atom stereocenters. The summed E-state index contributed by atoms with van der Waals surface area (Å²) in [6.45, 7) is 7.84. The summed E-state index contributed by atoms with van der Waals surface area (Å²) >= 11 is 8.87. The number of morpholine rings is 1. The van der Waals surface area contributed by atoms with E-state index in [-0.39, 0.29) is 10.9 Å². The monoisotopic (exact) mass is 496 g/mol. The van der Waals surface area contributed by atoms with Crippen molar-refractivity contribution in [2.75, 3.05) is 31.6 Å². The molecule has 0 bridgehead atoms. The molecule has 0 amide bonds. The molecule has 2 heterocycles. The first-order valence-electron chi connectivity index (χ1n) is 9.24. The summed E-state index contributed by atoms with van der Waals surface area (Å²) in [5, 5.41) is 21.1. The van der Waals surface area contributed by atoms with Crippen molar-refractivity contribution in [1.82, 2.24) is 9.88 Å². The molecule has 0 spiro atoms. The van der Waals surface area contributed by atoms with Crippen LogP contribution in [-0.4, -0.2) is 52.7 Å². The zero-order chi connectivity index (χ0) is 21.9. The van der Waals surface area contributed by atoms with Crippen LogP contribution >= 0.6 is 10.1 Å². The summed E-state index contributed by atoms with van der Waals surface area (Å²) in [4.78, 5) is 6.91. The Bertz CT molecular complexity index is 868. The van der Waals surface area contributed by atoms with E-state index in [1.807, 2.05) is 44.2 Å². The van der Waals surface area contributed by atoms with E-state index in [0.29, 0.717) is 0 Å². The van der Waals surface area contributed by atoms with Gasteiger partial charge < -0.3 is 27.8 Å². The summed E-state index contributed by atoms with van der Waals surface area (Å²) in [6.07, 6.45) is 1.59. The molecular formula is C20H24ClCuN5O2S-. The molecule has 1 aliphatic rings. The number of hydrogen-bond acceptors (Lipinski definition) is 7. The molecule has 1 aromatic carbocycles. The molecule has 1 aliphatic heterocycles. The predicted octanol–water partition coefficient (Wildman–Crippen LogP) is 3.27. The number of aryl methyl sites for hydroxylation is 2. The van der Waals surface area contributed by atoms with E-state index in [2.05, 4.69) is 50.6 Å². The number of nitrogens with one attached hydrogen (secondary N) is 1. The molecule has 2 N–H and O–H groups in total. The molecule has 7 nitrogen and oxygen atoms in total. The van der Waals surface area contributed by atoms with Crippen molar-refractivity contribution in [1.29, 1.82) is 0 Å². The van der Waals surface area contributed by atoms with Crippen molar-refractivity contribution in [2.45, 2.75) is 20.4 Å². The van der Waals surface area contributed by atoms with Gasteiger partial charge in [-0.2, -0.15) is 10.2 Å². The number of aromatic hydroxyl groups is 1. The third-order valence-electron chi connectivity index (χ3n) is 4.40. The first-order valence-corrected chi connectivity index (χ1v) is 10.9. The number of aromatic nitrogens is 1. The standard InChI is InChI=1S/C20H25N5O2S.ClH.Cu/c1-14-10-18(11-15(2)19(14)26)23-20(28)24-21-12-16-4-3-5-17(22-16)13-25-6-8-27-9-7-25;;/h3-5,10-12,26H,6-9,13H2,1-2H3,(H2,23,24,28);1H;/q;;+1/p-2/b21-12+;;. The van der Waals surface area contributed by atoms with E-state index in [0.717, 1.165) is 61.1 Å². The fourth-order valence-electron chi connectivity index (χ4n) is 2.96. The van der Waals surface area contributed by atoms with Crippen molar-refractivity contribution < 1.29 is 24.9 Å². The van der Waals surface area contributed by atoms with Crippen LogP contribution in [0.15, 0.2) is 40.5 Å². The second kappa shape index (κ2) is 12.8. The van der Waals surface area contributed by atoms with Gasteiger partial charge in [-0.25, -0.2) is 0 Å². The van der Waals surface area contributed by atoms with Gasteiger partial charge in [0.25, 0.3) is 0 Å². The number of hydrogen-bond donors (Lipinski definition) is 2. The van der Waals surface area contributed by atoms with Crippen molar-refractivity contribution >= 4 is 39.8 Å². The second-order valence-electron chi connectivity index (χ2n) is 6.68. The fourth-order valence-corrected chi connectivity index (χ4v) is 3.13. The summed E-state index contributed by atoms with van der Waals surface area (Å²) in [5.74, 6) is 0.287. The average molecular weight is 498 g/mol. The Morgan fingerprint density at radius 2 is 1.97 bits per heavy atom. The number of amidine groups is 1. The number of anilines is 1. The van der Waals surface area contributed by atoms with Gasteiger partial charge in [-0.15, -0.1) is 0 Å². The summed E-state index contributed by atoms with van der Waals surface area (Å²) in [6, 6.07) is 9.47. The first kappa shape index (κ1) is 24.5. The second-order valence-corrected chi connectivity index (χ2v) is 7.06. The Labute approximate surface area is 195 Å². The molecule has 0 aliphatic carbocycles. The number of ether oxygens (including phenoxy) is 1. The van der Waals surface area contributed by atoms with Crippen LogP contribution in [0.1, 0.15) is 22.5 Å². The van der Waals surface area contributed by atoms with Gasteiger partial charge in [0.15, 0.2) is 0 Å². The quantitative estimate of drug-likeness (QED) is 0.165. The molecule has 0 saturated carbocycles. The average Bonchev–Trinajstić information content (AvgIpc) is 2.74. The third kappa shape index (κ3) is 7.83. The zero-order valence-corrected chi connectivity index (χ0v) is 19.2. The van der Waals surface area contributed by atoms with Crippen LogP contribution in [0.25, 0.3) is 0 Å². The molecule has 166 valence electrons. The third-order valence-corrected chi connectivity index (χ3v) is 4.58. The molecule has 10 heteroatoms. The van der Waals surface area contributed by atoms with Crippen LogP contribution in [0, 0.1) is 13.8 Å². The maximum atomic E-state index is 9.83. The van der Waals surface area contributed by atoms with E-state index in [1.165, 1.54) is 0 Å². The first-order chi connectivity index (χ1) is 14.5. The van der Waals surface area contributed by atoms with Gasteiger partial charge >= 0.3 is 25.2 Å². The van der Waals surface area contributed by atoms with E-state index in [9.17, 15) is 5.11 Å². The van der Waals surface area contributed by atoms with Gasteiger partial charge in [-0.05, 0) is 49.2 Å². The summed E-state index contributed by atoms with van der Waals surface area (Å²) < 4.78 is 5.37. The summed E-state index contributed by atoms with van der Waals surface area (Å²) in [7, 11) is 4.20. The van der Waals surface area contributed by atoms with Crippen LogP contribution in [0.2, 0.25) is 0 Å². The van der Waals surface area contributed by atoms with Crippen LogP contribution in [-0.2, 0) is 39.0 Å². The van der Waals surface area contributed by atoms with Crippen molar-refractivity contribution in [3.8, 4) is 5.75 Å². The van der Waals surface area contributed by atoms with E-state index >= 15 is 0 Å². The topological polar surface area (TPSA) is 82.3 Å². The SMILES string of the molecule is Cc1cc(N/C([S-])=N/N=C/c2cccc(CN3CCOCC3)n2)cc(C)c1O.[Cl][Cu].